The second kappa shape index (κ2) is 9.20. The molecule has 0 saturated carbocycles. The first kappa shape index (κ1) is 22.3. The maximum Gasteiger partial charge on any atom is 0.187 e. The molecule has 0 aliphatic rings. The van der Waals surface area contributed by atoms with Crippen LogP contribution in [-0.4, -0.2) is 19.7 Å². The lowest BCUT2D eigenvalue weighted by Crippen LogP contribution is -2.12. The molecule has 1 atom stereocenters. The molecule has 1 N–H and O–H groups in total. The Kier molecular flexibility index (Phi) is 6.84. The maximum atomic E-state index is 14.6. The van der Waals surface area contributed by atoms with Crippen LogP contribution in [0.3, 0.4) is 0 Å². The van der Waals surface area contributed by atoms with Gasteiger partial charge in [-0.2, -0.15) is 0 Å². The fraction of sp³-hybridized carbons (Fsp3) is 0.200. The van der Waals surface area contributed by atoms with E-state index in [4.69, 9.17) is 11.6 Å². The number of anilines is 1. The van der Waals surface area contributed by atoms with E-state index in [0.717, 1.165) is 12.1 Å². The van der Waals surface area contributed by atoms with E-state index in [-0.39, 0.29) is 22.7 Å². The molecule has 10 heteroatoms. The van der Waals surface area contributed by atoms with Crippen LogP contribution >= 0.6 is 22.9 Å². The number of aldehydes is 1. The van der Waals surface area contributed by atoms with Gasteiger partial charge in [-0.15, -0.1) is 11.3 Å². The molecule has 5 nitrogen and oxygen atoms in total. The topological polar surface area (TPSA) is 76.1 Å². The van der Waals surface area contributed by atoms with Gasteiger partial charge in [0.15, 0.2) is 9.84 Å². The highest BCUT2D eigenvalue weighted by Crippen LogP contribution is 2.32. The Morgan fingerprint density at radius 2 is 2.00 bits per heavy atom. The number of benzene rings is 2. The Labute approximate surface area is 181 Å². The van der Waals surface area contributed by atoms with Crippen molar-refractivity contribution in [2.24, 2.45) is 0 Å². The highest BCUT2D eigenvalue weighted by Gasteiger charge is 2.23. The predicted molar refractivity (Wildman–Crippen MR) is 113 cm³/mol. The van der Waals surface area contributed by atoms with E-state index in [9.17, 15) is 22.0 Å². The van der Waals surface area contributed by atoms with Gasteiger partial charge in [0.25, 0.3) is 0 Å². The number of thiazole rings is 1. The molecule has 0 unspecified atom stereocenters. The molecule has 0 spiro atoms. The Morgan fingerprint density at radius 3 is 2.67 bits per heavy atom. The normalized spacial score (nSPS) is 12.5. The zero-order valence-electron chi connectivity index (χ0n) is 15.7. The lowest BCUT2D eigenvalue weighted by atomic mass is 10.0. The van der Waals surface area contributed by atoms with Crippen molar-refractivity contribution in [3.63, 3.8) is 0 Å². The molecular weight excluding hydrogens is 454 g/mol. The van der Waals surface area contributed by atoms with Crippen molar-refractivity contribution in [3.8, 4) is 0 Å². The summed E-state index contributed by atoms with van der Waals surface area (Å²) >= 11 is 7.43. The number of hydrogen-bond acceptors (Lipinski definition) is 6. The molecule has 3 rings (SSSR count). The Morgan fingerprint density at radius 1 is 1.23 bits per heavy atom. The minimum atomic E-state index is -3.99. The van der Waals surface area contributed by atoms with Crippen LogP contribution in [0.25, 0.3) is 0 Å². The summed E-state index contributed by atoms with van der Waals surface area (Å²) in [5.74, 6) is -1.91. The zero-order valence-corrected chi connectivity index (χ0v) is 18.1. The van der Waals surface area contributed by atoms with Crippen LogP contribution in [-0.2, 0) is 26.8 Å². The van der Waals surface area contributed by atoms with E-state index < -0.39 is 38.2 Å². The lowest BCUT2D eigenvalue weighted by molar-refractivity contribution is -0.107. The van der Waals surface area contributed by atoms with E-state index in [1.165, 1.54) is 29.0 Å². The minimum absolute atomic E-state index is 0.0236. The first-order chi connectivity index (χ1) is 14.2. The Balaban J connectivity index is 1.87. The minimum Gasteiger partial charge on any atom is -0.377 e. The van der Waals surface area contributed by atoms with Gasteiger partial charge in [0.2, 0.25) is 0 Å². The van der Waals surface area contributed by atoms with Crippen molar-refractivity contribution in [1.82, 2.24) is 4.98 Å². The zero-order chi connectivity index (χ0) is 21.9. The third-order valence-corrected chi connectivity index (χ3v) is 7.00. The molecule has 158 valence electrons. The van der Waals surface area contributed by atoms with Gasteiger partial charge >= 0.3 is 0 Å². The molecule has 0 radical (unpaired) electrons. The van der Waals surface area contributed by atoms with Crippen molar-refractivity contribution in [2.75, 3.05) is 5.32 Å². The number of carbonyl (C=O) groups excluding carboxylic acids is 1. The fourth-order valence-electron chi connectivity index (χ4n) is 2.92. The van der Waals surface area contributed by atoms with Gasteiger partial charge in [0.05, 0.1) is 33.7 Å². The van der Waals surface area contributed by atoms with Crippen molar-refractivity contribution in [3.05, 3.63) is 74.7 Å². The summed E-state index contributed by atoms with van der Waals surface area (Å²) in [6.07, 6.45) is 0.854. The van der Waals surface area contributed by atoms with Crippen LogP contribution in [0, 0.1) is 11.6 Å². The summed E-state index contributed by atoms with van der Waals surface area (Å²) in [6.45, 7) is 1.64. The number of sulfone groups is 1. The maximum absolute atomic E-state index is 14.6. The van der Waals surface area contributed by atoms with Crippen LogP contribution in [0.4, 0.5) is 14.5 Å². The summed E-state index contributed by atoms with van der Waals surface area (Å²) in [6, 6.07) is 5.69. The van der Waals surface area contributed by atoms with Crippen molar-refractivity contribution >= 4 is 44.7 Å². The van der Waals surface area contributed by atoms with E-state index in [2.05, 4.69) is 10.3 Å². The fourth-order valence-corrected chi connectivity index (χ4v) is 5.22. The lowest BCUT2D eigenvalue weighted by Gasteiger charge is -2.19. The second-order valence-corrected chi connectivity index (χ2v) is 9.68. The van der Waals surface area contributed by atoms with Gasteiger partial charge in [-0.25, -0.2) is 22.2 Å². The second-order valence-electron chi connectivity index (χ2n) is 6.59. The van der Waals surface area contributed by atoms with Crippen LogP contribution in [0.5, 0.6) is 0 Å². The SMILES string of the molecule is C[C@H](Nc1cc(F)c(S(=O)(=O)Cc2cscn2)cc1Cl)c1cc(CC=O)ccc1F. The third kappa shape index (κ3) is 5.03. The van der Waals surface area contributed by atoms with Gasteiger partial charge < -0.3 is 10.1 Å². The van der Waals surface area contributed by atoms with Crippen molar-refractivity contribution in [1.29, 1.82) is 0 Å². The number of rotatable bonds is 8. The summed E-state index contributed by atoms with van der Waals surface area (Å²) in [5, 5.41) is 4.44. The first-order valence-electron chi connectivity index (χ1n) is 8.78. The highest BCUT2D eigenvalue weighted by molar-refractivity contribution is 7.90. The quantitative estimate of drug-likeness (QED) is 0.471. The molecule has 3 aromatic rings. The predicted octanol–water partition coefficient (Wildman–Crippen LogP) is 4.96. The van der Waals surface area contributed by atoms with Gasteiger partial charge in [-0.1, -0.05) is 23.7 Å². The van der Waals surface area contributed by atoms with Crippen LogP contribution in [0.15, 0.2) is 46.1 Å². The summed E-state index contributed by atoms with van der Waals surface area (Å²) in [4.78, 5) is 14.1. The number of carbonyl (C=O) groups is 1. The van der Waals surface area contributed by atoms with Crippen LogP contribution in [0.2, 0.25) is 5.02 Å². The smallest absolute Gasteiger partial charge is 0.187 e. The molecule has 2 aromatic carbocycles. The molecule has 0 bridgehead atoms. The Hall–Kier alpha value is -2.36. The van der Waals surface area contributed by atoms with Gasteiger partial charge in [-0.3, -0.25) is 0 Å². The molecular formula is C20H17ClF2N2O3S2. The molecule has 0 saturated heterocycles. The van der Waals surface area contributed by atoms with E-state index in [1.54, 1.807) is 18.4 Å². The average molecular weight is 471 g/mol. The third-order valence-electron chi connectivity index (χ3n) is 4.40. The molecule has 0 amide bonds. The van der Waals surface area contributed by atoms with E-state index >= 15 is 0 Å². The largest absolute Gasteiger partial charge is 0.377 e. The van der Waals surface area contributed by atoms with Gasteiger partial charge in [0.1, 0.15) is 22.8 Å². The summed E-state index contributed by atoms with van der Waals surface area (Å²) in [5.41, 5.74) is 2.83. The standard InChI is InChI=1S/C20H17ClF2N2O3S2/c1-12(15-6-13(4-5-26)2-3-17(15)22)25-19-8-18(23)20(7-16(19)21)30(27,28)10-14-9-29-11-24-14/h2-3,5-9,11-12,25H,4,10H2,1H3/t12-/m0/s1. The molecule has 30 heavy (non-hydrogen) atoms. The Bertz CT molecular complexity index is 1170. The number of hydrogen-bond donors (Lipinski definition) is 1. The van der Waals surface area contributed by atoms with Gasteiger partial charge in [-0.05, 0) is 30.7 Å². The molecule has 0 fully saturated rings. The molecule has 1 heterocycles. The molecule has 1 aromatic heterocycles. The van der Waals surface area contributed by atoms with Crippen LogP contribution < -0.4 is 5.32 Å². The molecule has 0 aliphatic heterocycles. The summed E-state index contributed by atoms with van der Waals surface area (Å²) in [7, 11) is -3.99. The number of halogens is 3. The van der Waals surface area contributed by atoms with E-state index in [0.29, 0.717) is 17.5 Å². The van der Waals surface area contributed by atoms with Crippen LogP contribution in [0.1, 0.15) is 29.8 Å². The van der Waals surface area contributed by atoms with E-state index in [1.807, 2.05) is 0 Å². The first-order valence-corrected chi connectivity index (χ1v) is 11.8. The monoisotopic (exact) mass is 470 g/mol. The average Bonchev–Trinajstić information content (AvgIpc) is 3.18. The summed E-state index contributed by atoms with van der Waals surface area (Å²) < 4.78 is 53.9. The highest BCUT2D eigenvalue weighted by atomic mass is 35.5. The van der Waals surface area contributed by atoms with Gasteiger partial charge in [0, 0.05) is 17.4 Å². The van der Waals surface area contributed by atoms with Crippen molar-refractivity contribution < 1.29 is 22.0 Å². The number of nitrogens with one attached hydrogen (secondary N) is 1. The number of aromatic nitrogens is 1. The molecule has 0 aliphatic carbocycles. The van der Waals surface area contributed by atoms with Crippen molar-refractivity contribution in [2.45, 2.75) is 30.0 Å². The number of nitrogens with zero attached hydrogens (tertiary/aromatic N) is 1.